The molecule has 4 heterocycles. The van der Waals surface area contributed by atoms with Gasteiger partial charge in [0.05, 0.1) is 16.5 Å². The van der Waals surface area contributed by atoms with E-state index < -0.39 is 17.2 Å². The largest absolute Gasteiger partial charge is 0.508 e. The predicted molar refractivity (Wildman–Crippen MR) is 95.3 cm³/mol. The fourth-order valence-corrected chi connectivity index (χ4v) is 4.21. The minimum atomic E-state index is -1.43. The first-order valence-electron chi connectivity index (χ1n) is 8.47. The molecule has 2 aromatic heterocycles. The van der Waals surface area contributed by atoms with Gasteiger partial charge in [-0.3, -0.25) is 0 Å². The lowest BCUT2D eigenvalue weighted by Crippen LogP contribution is -2.33. The van der Waals surface area contributed by atoms with E-state index in [4.69, 9.17) is 13.9 Å². The maximum absolute atomic E-state index is 12.9. The minimum absolute atomic E-state index is 0.0328. The van der Waals surface area contributed by atoms with Crippen molar-refractivity contribution in [3.8, 4) is 23.0 Å². The molecule has 0 atom stereocenters. The molecule has 2 aliphatic rings. The molecular formula is C21H10O7. The monoisotopic (exact) mass is 374 g/mol. The van der Waals surface area contributed by atoms with Crippen LogP contribution in [0.1, 0.15) is 27.0 Å². The van der Waals surface area contributed by atoms with Crippen molar-refractivity contribution in [1.82, 2.24) is 0 Å². The average Bonchev–Trinajstić information content (AvgIpc) is 2.97. The normalized spacial score (nSPS) is 15.8. The summed E-state index contributed by atoms with van der Waals surface area (Å²) in [4.78, 5) is 25.0. The number of ether oxygens (including phenoxy) is 2. The van der Waals surface area contributed by atoms with E-state index in [0.29, 0.717) is 16.7 Å². The van der Waals surface area contributed by atoms with Crippen LogP contribution >= 0.6 is 0 Å². The van der Waals surface area contributed by atoms with Crippen LogP contribution in [0.25, 0.3) is 11.0 Å². The second-order valence-electron chi connectivity index (χ2n) is 6.78. The molecular weight excluding hydrogens is 364 g/mol. The van der Waals surface area contributed by atoms with Crippen molar-refractivity contribution in [1.29, 1.82) is 0 Å². The fraction of sp³-hybridized carbons (Fsp3) is 0.0476. The van der Waals surface area contributed by atoms with Crippen LogP contribution < -0.4 is 10.4 Å². The van der Waals surface area contributed by atoms with Crippen LogP contribution in [0.3, 0.4) is 0 Å². The molecule has 136 valence electrons. The highest BCUT2D eigenvalue weighted by molar-refractivity contribution is 6.06. The number of rotatable bonds is 0. The number of esters is 1. The van der Waals surface area contributed by atoms with Gasteiger partial charge in [0, 0.05) is 23.3 Å². The average molecular weight is 374 g/mol. The zero-order valence-electron chi connectivity index (χ0n) is 14.1. The number of phenols is 2. The Labute approximate surface area is 156 Å². The molecule has 0 aliphatic carbocycles. The van der Waals surface area contributed by atoms with E-state index in [1.807, 2.05) is 0 Å². The molecule has 0 saturated heterocycles. The van der Waals surface area contributed by atoms with E-state index in [1.165, 1.54) is 30.3 Å². The second kappa shape index (κ2) is 4.64. The summed E-state index contributed by atoms with van der Waals surface area (Å²) in [5.41, 5.74) is -0.276. The third kappa shape index (κ3) is 1.59. The Morgan fingerprint density at radius 3 is 2.07 bits per heavy atom. The van der Waals surface area contributed by atoms with E-state index in [0.717, 1.165) is 0 Å². The van der Waals surface area contributed by atoms with Gasteiger partial charge in [0.2, 0.25) is 0 Å². The van der Waals surface area contributed by atoms with E-state index in [2.05, 4.69) is 0 Å². The molecule has 2 bridgehead atoms. The van der Waals surface area contributed by atoms with E-state index in [-0.39, 0.29) is 39.5 Å². The van der Waals surface area contributed by atoms with Gasteiger partial charge in [0.1, 0.15) is 28.6 Å². The Hall–Kier alpha value is -4.00. The number of fused-ring (bicyclic) bond motifs is 6. The Bertz CT molecular complexity index is 1330. The molecule has 0 saturated carbocycles. The van der Waals surface area contributed by atoms with E-state index >= 15 is 0 Å². The molecule has 7 heteroatoms. The second-order valence-corrected chi connectivity index (χ2v) is 6.78. The molecule has 0 fully saturated rings. The number of carbonyl (C=O) groups excluding carboxylic acids is 1. The Kier molecular flexibility index (Phi) is 2.50. The van der Waals surface area contributed by atoms with Gasteiger partial charge in [0.15, 0.2) is 5.60 Å². The summed E-state index contributed by atoms with van der Waals surface area (Å²) in [5.74, 6) is -0.184. The molecule has 1 spiro atoms. The summed E-state index contributed by atoms with van der Waals surface area (Å²) >= 11 is 0. The van der Waals surface area contributed by atoms with Crippen molar-refractivity contribution >= 4 is 16.9 Å². The van der Waals surface area contributed by atoms with Crippen molar-refractivity contribution < 1.29 is 28.9 Å². The first-order valence-corrected chi connectivity index (χ1v) is 8.47. The zero-order valence-corrected chi connectivity index (χ0v) is 14.1. The van der Waals surface area contributed by atoms with Crippen LogP contribution in [0.5, 0.6) is 23.0 Å². The number of hydrogen-bond acceptors (Lipinski definition) is 7. The van der Waals surface area contributed by atoms with Gasteiger partial charge in [-0.05, 0) is 36.4 Å². The third-order valence-electron chi connectivity index (χ3n) is 5.30. The lowest BCUT2D eigenvalue weighted by molar-refractivity contribution is 0.0227. The minimum Gasteiger partial charge on any atom is -0.508 e. The van der Waals surface area contributed by atoms with E-state index in [9.17, 15) is 19.8 Å². The van der Waals surface area contributed by atoms with Crippen molar-refractivity contribution in [2.75, 3.05) is 0 Å². The van der Waals surface area contributed by atoms with Gasteiger partial charge in [-0.1, -0.05) is 0 Å². The van der Waals surface area contributed by atoms with Gasteiger partial charge in [-0.15, -0.1) is 0 Å². The van der Waals surface area contributed by atoms with Gasteiger partial charge >= 0.3 is 11.6 Å². The SMILES string of the molecule is O=C1OC2(c3ccc(O)cc3Oc3cc(O)ccc32)c2c1c1ccc2oc1=O. The van der Waals surface area contributed by atoms with Crippen LogP contribution in [0.4, 0.5) is 0 Å². The van der Waals surface area contributed by atoms with Crippen molar-refractivity contribution in [2.24, 2.45) is 0 Å². The summed E-state index contributed by atoms with van der Waals surface area (Å²) in [6, 6.07) is 12.1. The number of benzene rings is 3. The van der Waals surface area contributed by atoms with Gasteiger partial charge in [0.25, 0.3) is 0 Å². The highest BCUT2D eigenvalue weighted by Crippen LogP contribution is 2.58. The maximum atomic E-state index is 12.9. The summed E-state index contributed by atoms with van der Waals surface area (Å²) in [7, 11) is 0. The summed E-state index contributed by atoms with van der Waals surface area (Å²) < 4.78 is 17.2. The summed E-state index contributed by atoms with van der Waals surface area (Å²) in [6.45, 7) is 0. The molecule has 5 aromatic rings. The molecule has 3 aromatic carbocycles. The Morgan fingerprint density at radius 2 is 1.46 bits per heavy atom. The van der Waals surface area contributed by atoms with Crippen molar-refractivity contribution in [3.05, 3.63) is 81.2 Å². The Morgan fingerprint density at radius 1 is 0.821 bits per heavy atom. The van der Waals surface area contributed by atoms with E-state index in [1.54, 1.807) is 18.2 Å². The number of carbonyl (C=O) groups is 1. The molecule has 0 unspecified atom stereocenters. The number of phenolic OH excluding ortho intramolecular Hbond substituents is 2. The van der Waals surface area contributed by atoms with Crippen LogP contribution in [0.15, 0.2) is 57.7 Å². The van der Waals surface area contributed by atoms with Crippen molar-refractivity contribution in [2.45, 2.75) is 5.60 Å². The number of aromatic hydroxyl groups is 2. The highest BCUT2D eigenvalue weighted by atomic mass is 16.6. The van der Waals surface area contributed by atoms with Crippen LogP contribution in [-0.4, -0.2) is 16.2 Å². The highest BCUT2D eigenvalue weighted by Gasteiger charge is 2.56. The smallest absolute Gasteiger partial charge is 0.344 e. The number of hydrogen-bond donors (Lipinski definition) is 2. The lowest BCUT2D eigenvalue weighted by Gasteiger charge is -2.36. The Balaban J connectivity index is 1.81. The van der Waals surface area contributed by atoms with Gasteiger partial charge < -0.3 is 24.1 Å². The molecule has 2 aliphatic heterocycles. The lowest BCUT2D eigenvalue weighted by atomic mass is 9.77. The van der Waals surface area contributed by atoms with Crippen LogP contribution in [0, 0.1) is 0 Å². The van der Waals surface area contributed by atoms with Gasteiger partial charge in [-0.2, -0.15) is 0 Å². The standard InChI is InChI=1S/C21H10O7/c22-9-1-4-12-15(7-9)26-16-8-10(23)2-5-13(16)21(12)18-14-6-3-11(19(24)27-14)17(18)20(25)28-21/h1-8,22-23H. The molecule has 2 N–H and O–H groups in total. The topological polar surface area (TPSA) is 106 Å². The molecule has 0 amide bonds. The predicted octanol–water partition coefficient (Wildman–Crippen LogP) is 3.21. The van der Waals surface area contributed by atoms with Crippen molar-refractivity contribution in [3.63, 3.8) is 0 Å². The third-order valence-corrected chi connectivity index (χ3v) is 5.30. The van der Waals surface area contributed by atoms with Crippen LogP contribution in [0.2, 0.25) is 0 Å². The summed E-state index contributed by atoms with van der Waals surface area (Å²) in [5, 5.41) is 20.0. The molecule has 7 nitrogen and oxygen atoms in total. The first kappa shape index (κ1) is 15.1. The molecule has 28 heavy (non-hydrogen) atoms. The van der Waals surface area contributed by atoms with Gasteiger partial charge in [-0.25, -0.2) is 9.59 Å². The zero-order chi connectivity index (χ0) is 19.2. The molecule has 0 radical (unpaired) electrons. The fourth-order valence-electron chi connectivity index (χ4n) is 4.21. The maximum Gasteiger partial charge on any atom is 0.344 e. The quantitative estimate of drug-likeness (QED) is 0.455. The summed E-state index contributed by atoms with van der Waals surface area (Å²) in [6.07, 6.45) is 0. The van der Waals surface area contributed by atoms with Crippen LogP contribution in [-0.2, 0) is 10.3 Å². The molecule has 7 rings (SSSR count). The first-order chi connectivity index (χ1) is 13.5.